The lowest BCUT2D eigenvalue weighted by atomic mass is 9.95. The van der Waals surface area contributed by atoms with Gasteiger partial charge in [0.25, 0.3) is 0 Å². The Hall–Kier alpha value is -1.31. The molecule has 1 aromatic rings. The number of hydrogen-bond acceptors (Lipinski definition) is 3. The maximum atomic E-state index is 13.2. The molecule has 2 atom stereocenters. The van der Waals surface area contributed by atoms with Gasteiger partial charge < -0.3 is 4.74 Å². The van der Waals surface area contributed by atoms with Crippen molar-refractivity contribution in [2.24, 2.45) is 0 Å². The van der Waals surface area contributed by atoms with Crippen LogP contribution in [-0.2, 0) is 9.53 Å². The van der Waals surface area contributed by atoms with Gasteiger partial charge in [-0.15, -0.1) is 0 Å². The van der Waals surface area contributed by atoms with Gasteiger partial charge in [0.1, 0.15) is 0 Å². The molecule has 0 bridgehead atoms. The number of benzene rings is 1. The zero-order valence-electron chi connectivity index (χ0n) is 11.6. The molecule has 0 N–H and O–H groups in total. The summed E-state index contributed by atoms with van der Waals surface area (Å²) < 4.78 is 17.8. The number of carbonyl (C=O) groups is 1. The molecule has 1 aromatic carbocycles. The Balaban J connectivity index is 2.64. The molecule has 0 aliphatic rings. The van der Waals surface area contributed by atoms with Gasteiger partial charge in [0.2, 0.25) is 6.36 Å². The smallest absolute Gasteiger partial charge is 0.308 e. The van der Waals surface area contributed by atoms with Crippen molar-refractivity contribution in [1.82, 2.24) is 0 Å². The van der Waals surface area contributed by atoms with Crippen LogP contribution in [-0.4, -0.2) is 12.3 Å². The normalized spacial score (nSPS) is 13.3. The Labute approximate surface area is 133 Å². The Morgan fingerprint density at radius 3 is 2.52 bits per heavy atom. The molecular weight excluding hydrogens is 316 g/mol. The number of alkyl halides is 1. The second kappa shape index (κ2) is 8.86. The van der Waals surface area contributed by atoms with Crippen LogP contribution in [0.2, 0.25) is 10.0 Å². The monoisotopic (exact) mass is 331 g/mol. The summed E-state index contributed by atoms with van der Waals surface area (Å²) >= 11 is 12.1. The maximum Gasteiger partial charge on any atom is 0.308 e. The van der Waals surface area contributed by atoms with Crippen molar-refractivity contribution in [3.05, 3.63) is 33.8 Å². The van der Waals surface area contributed by atoms with E-state index in [1.165, 1.54) is 0 Å². The van der Waals surface area contributed by atoms with Crippen LogP contribution in [0.3, 0.4) is 0 Å². The third-order valence-electron chi connectivity index (χ3n) is 2.92. The number of halogens is 3. The number of esters is 1. The van der Waals surface area contributed by atoms with Crippen LogP contribution < -0.4 is 0 Å². The molecule has 1 rings (SSSR count). The lowest BCUT2D eigenvalue weighted by molar-refractivity contribution is -0.158. The second-order valence-corrected chi connectivity index (χ2v) is 5.36. The lowest BCUT2D eigenvalue weighted by Crippen LogP contribution is -2.14. The highest BCUT2D eigenvalue weighted by Crippen LogP contribution is 2.33. The van der Waals surface area contributed by atoms with Crippen molar-refractivity contribution in [2.75, 3.05) is 0 Å². The summed E-state index contributed by atoms with van der Waals surface area (Å²) in [6.45, 7) is 1.80. The van der Waals surface area contributed by atoms with Crippen LogP contribution in [0.25, 0.3) is 0 Å². The highest BCUT2D eigenvalue weighted by Gasteiger charge is 2.20. The summed E-state index contributed by atoms with van der Waals surface area (Å²) in [5, 5.41) is 9.96. The summed E-state index contributed by atoms with van der Waals surface area (Å²) in [7, 11) is 0. The van der Waals surface area contributed by atoms with Crippen LogP contribution in [0.5, 0.6) is 0 Å². The number of ether oxygens (including phenoxy) is 1. The van der Waals surface area contributed by atoms with Gasteiger partial charge in [-0.25, -0.2) is 4.39 Å². The Morgan fingerprint density at radius 1 is 1.38 bits per heavy atom. The fourth-order valence-electron chi connectivity index (χ4n) is 1.87. The predicted octanol–water partition coefficient (Wildman–Crippen LogP) is 5.02. The molecule has 0 spiro atoms. The standard InChI is InChI=1S/C15H16Cl2FNO2/c1-2-4-13(18)21-14(20)8-7-10(9-19)15-11(16)5-3-6-12(15)17/h3,5-6,10,13H,2,4,7-8H2,1H3. The molecule has 0 amide bonds. The van der Waals surface area contributed by atoms with Crippen molar-refractivity contribution < 1.29 is 13.9 Å². The van der Waals surface area contributed by atoms with Gasteiger partial charge in [0.15, 0.2) is 0 Å². The molecule has 0 aromatic heterocycles. The average Bonchev–Trinajstić information content (AvgIpc) is 2.42. The molecule has 0 saturated heterocycles. The summed E-state index contributed by atoms with van der Waals surface area (Å²) in [4.78, 5) is 11.5. The maximum absolute atomic E-state index is 13.2. The zero-order chi connectivity index (χ0) is 15.8. The highest BCUT2D eigenvalue weighted by atomic mass is 35.5. The average molecular weight is 332 g/mol. The third-order valence-corrected chi connectivity index (χ3v) is 3.58. The minimum absolute atomic E-state index is 0.0656. The van der Waals surface area contributed by atoms with Crippen LogP contribution in [0.1, 0.15) is 44.1 Å². The van der Waals surface area contributed by atoms with Gasteiger partial charge in [0, 0.05) is 28.5 Å². The molecule has 0 aliphatic heterocycles. The Morgan fingerprint density at radius 2 is 2.00 bits per heavy atom. The van der Waals surface area contributed by atoms with E-state index >= 15 is 0 Å². The summed E-state index contributed by atoms with van der Waals surface area (Å²) in [5.74, 6) is -1.30. The first-order valence-electron chi connectivity index (χ1n) is 6.66. The Kier molecular flexibility index (Phi) is 7.49. The molecule has 21 heavy (non-hydrogen) atoms. The molecule has 6 heteroatoms. The van der Waals surface area contributed by atoms with Gasteiger partial charge in [0.05, 0.1) is 12.0 Å². The van der Waals surface area contributed by atoms with Crippen molar-refractivity contribution in [1.29, 1.82) is 5.26 Å². The van der Waals surface area contributed by atoms with E-state index in [4.69, 9.17) is 23.2 Å². The van der Waals surface area contributed by atoms with E-state index in [-0.39, 0.29) is 19.3 Å². The SMILES string of the molecule is CCCC(F)OC(=O)CCC(C#N)c1c(Cl)cccc1Cl. The molecule has 0 radical (unpaired) electrons. The minimum Gasteiger partial charge on any atom is -0.431 e. The quantitative estimate of drug-likeness (QED) is 0.659. The van der Waals surface area contributed by atoms with Gasteiger partial charge in [-0.05, 0) is 25.0 Å². The Bertz CT molecular complexity index is 511. The molecule has 3 nitrogen and oxygen atoms in total. The number of nitrogens with zero attached hydrogens (tertiary/aromatic N) is 1. The number of nitriles is 1. The fourth-order valence-corrected chi connectivity index (χ4v) is 2.53. The van der Waals surface area contributed by atoms with Crippen molar-refractivity contribution in [3.63, 3.8) is 0 Å². The van der Waals surface area contributed by atoms with Gasteiger partial charge in [-0.1, -0.05) is 36.2 Å². The van der Waals surface area contributed by atoms with Gasteiger partial charge >= 0.3 is 5.97 Å². The van der Waals surface area contributed by atoms with E-state index < -0.39 is 18.2 Å². The fraction of sp³-hybridized carbons (Fsp3) is 0.467. The minimum atomic E-state index is -1.59. The molecule has 114 valence electrons. The second-order valence-electron chi connectivity index (χ2n) is 4.54. The van der Waals surface area contributed by atoms with Gasteiger partial charge in [-0.2, -0.15) is 5.26 Å². The first-order valence-corrected chi connectivity index (χ1v) is 7.42. The van der Waals surface area contributed by atoms with Crippen LogP contribution in [0, 0.1) is 11.3 Å². The van der Waals surface area contributed by atoms with E-state index in [0.29, 0.717) is 22.0 Å². The first kappa shape index (κ1) is 17.7. The largest absolute Gasteiger partial charge is 0.431 e. The molecule has 0 heterocycles. The molecule has 2 unspecified atom stereocenters. The van der Waals surface area contributed by atoms with E-state index in [9.17, 15) is 14.4 Å². The summed E-state index contributed by atoms with van der Waals surface area (Å²) in [6.07, 6.45) is -0.720. The summed E-state index contributed by atoms with van der Waals surface area (Å²) in [5.41, 5.74) is 0.487. The van der Waals surface area contributed by atoms with Gasteiger partial charge in [-0.3, -0.25) is 4.79 Å². The van der Waals surface area contributed by atoms with E-state index in [2.05, 4.69) is 10.8 Å². The molecule has 0 aliphatic carbocycles. The van der Waals surface area contributed by atoms with Crippen molar-refractivity contribution >= 4 is 29.2 Å². The zero-order valence-corrected chi connectivity index (χ0v) is 13.1. The number of hydrogen-bond donors (Lipinski definition) is 0. The van der Waals surface area contributed by atoms with Crippen molar-refractivity contribution in [3.8, 4) is 6.07 Å². The molecule has 0 saturated carbocycles. The summed E-state index contributed by atoms with van der Waals surface area (Å²) in [6, 6.07) is 7.00. The molecular formula is C15H16Cl2FNO2. The van der Waals surface area contributed by atoms with Crippen molar-refractivity contribution in [2.45, 2.75) is 44.9 Å². The number of rotatable bonds is 7. The van der Waals surface area contributed by atoms with Crippen LogP contribution >= 0.6 is 23.2 Å². The van der Waals surface area contributed by atoms with E-state index in [0.717, 1.165) is 0 Å². The lowest BCUT2D eigenvalue weighted by Gasteiger charge is -2.13. The topological polar surface area (TPSA) is 50.1 Å². The first-order chi connectivity index (χ1) is 9.99. The van der Waals surface area contributed by atoms with Crippen LogP contribution in [0.4, 0.5) is 4.39 Å². The predicted molar refractivity (Wildman–Crippen MR) is 79.9 cm³/mol. The molecule has 0 fully saturated rings. The highest BCUT2D eigenvalue weighted by molar-refractivity contribution is 6.36. The van der Waals surface area contributed by atoms with E-state index in [1.807, 2.05) is 0 Å². The van der Waals surface area contributed by atoms with E-state index in [1.54, 1.807) is 25.1 Å². The van der Waals surface area contributed by atoms with Crippen LogP contribution in [0.15, 0.2) is 18.2 Å². The third kappa shape index (κ3) is 5.53. The number of carbonyl (C=O) groups excluding carboxylic acids is 1.